The van der Waals surface area contributed by atoms with E-state index in [0.29, 0.717) is 24.3 Å². The summed E-state index contributed by atoms with van der Waals surface area (Å²) in [6, 6.07) is 23.0. The van der Waals surface area contributed by atoms with Gasteiger partial charge in [0.1, 0.15) is 17.0 Å². The normalized spacial score (nSPS) is 18.7. The molecule has 4 rings (SSSR count). The summed E-state index contributed by atoms with van der Waals surface area (Å²) in [5, 5.41) is 3.24. The Bertz CT molecular complexity index is 881. The summed E-state index contributed by atoms with van der Waals surface area (Å²) in [7, 11) is 0. The van der Waals surface area contributed by atoms with Gasteiger partial charge in [0, 0.05) is 18.2 Å². The van der Waals surface area contributed by atoms with Gasteiger partial charge in [-0.25, -0.2) is 0 Å². The highest BCUT2D eigenvalue weighted by Crippen LogP contribution is 2.40. The van der Waals surface area contributed by atoms with Crippen molar-refractivity contribution in [1.29, 1.82) is 0 Å². The van der Waals surface area contributed by atoms with Crippen LogP contribution in [-0.4, -0.2) is 17.5 Å². The van der Waals surface area contributed by atoms with Crippen molar-refractivity contribution in [3.63, 3.8) is 0 Å². The van der Waals surface area contributed by atoms with Gasteiger partial charge in [0.25, 0.3) is 5.91 Å². The van der Waals surface area contributed by atoms with E-state index in [1.807, 2.05) is 72.8 Å². The molecule has 0 radical (unpaired) electrons. The number of rotatable bonds is 3. The third-order valence-corrected chi connectivity index (χ3v) is 4.54. The molecule has 3 aromatic rings. The molecule has 0 saturated carbocycles. The number of benzene rings is 2. The molecule has 124 valence electrons. The Kier molecular flexibility index (Phi) is 3.94. The van der Waals surface area contributed by atoms with Gasteiger partial charge in [0.15, 0.2) is 0 Å². The number of nitrogens with one attached hydrogen (secondary N) is 1. The smallest absolute Gasteiger partial charge is 0.252 e. The number of nitrogens with zero attached hydrogens (tertiary/aromatic N) is 1. The molecule has 1 aliphatic heterocycles. The zero-order valence-corrected chi connectivity index (χ0v) is 13.7. The minimum atomic E-state index is -0.705. The fraction of sp³-hybridized carbons (Fsp3) is 0.143. The van der Waals surface area contributed by atoms with Gasteiger partial charge in [0.2, 0.25) is 0 Å². The molecule has 1 atom stereocenters. The number of hydrogen-bond acceptors (Lipinski definition) is 3. The predicted octanol–water partition coefficient (Wildman–Crippen LogP) is 3.54. The number of carbonyl (C=O) groups excluding carboxylic acids is 1. The minimum Gasteiger partial charge on any atom is -0.491 e. The quantitative estimate of drug-likeness (QED) is 0.799. The van der Waals surface area contributed by atoms with Crippen LogP contribution in [0.4, 0.5) is 0 Å². The summed E-state index contributed by atoms with van der Waals surface area (Å²) in [4.78, 5) is 17.5. The Balaban J connectivity index is 1.83. The molecule has 0 fully saturated rings. The van der Waals surface area contributed by atoms with Crippen LogP contribution in [0.1, 0.15) is 28.0 Å². The Hall–Kier alpha value is -3.14. The molecule has 1 aromatic heterocycles. The van der Waals surface area contributed by atoms with Crippen molar-refractivity contribution in [2.75, 3.05) is 6.61 Å². The standard InChI is InChI=1S/C21H18N2O2/c24-20(16-8-3-1-4-9-16)23-21(17-10-5-2-6-11-17)13-15-25-18-12-7-14-22-19(18)21/h1-12,14H,13,15H2,(H,23,24)/t21-/m0/s1. The second kappa shape index (κ2) is 6.40. The fourth-order valence-electron chi connectivity index (χ4n) is 3.31. The predicted molar refractivity (Wildman–Crippen MR) is 95.5 cm³/mol. The maximum atomic E-state index is 12.9. The molecule has 1 amide bonds. The third-order valence-electron chi connectivity index (χ3n) is 4.54. The molecule has 0 bridgehead atoms. The minimum absolute atomic E-state index is 0.122. The highest BCUT2D eigenvalue weighted by atomic mass is 16.5. The second-order valence-corrected chi connectivity index (χ2v) is 6.04. The van der Waals surface area contributed by atoms with Crippen molar-refractivity contribution >= 4 is 5.91 Å². The van der Waals surface area contributed by atoms with Gasteiger partial charge in [-0.3, -0.25) is 9.78 Å². The van der Waals surface area contributed by atoms with E-state index >= 15 is 0 Å². The molecular formula is C21H18N2O2. The van der Waals surface area contributed by atoms with Crippen LogP contribution in [0.25, 0.3) is 0 Å². The van der Waals surface area contributed by atoms with Crippen LogP contribution in [0.2, 0.25) is 0 Å². The first-order valence-electron chi connectivity index (χ1n) is 8.31. The molecule has 0 saturated heterocycles. The van der Waals surface area contributed by atoms with Gasteiger partial charge in [-0.05, 0) is 29.8 Å². The van der Waals surface area contributed by atoms with E-state index in [-0.39, 0.29) is 5.91 Å². The van der Waals surface area contributed by atoms with Crippen LogP contribution in [0.15, 0.2) is 79.0 Å². The van der Waals surface area contributed by atoms with Gasteiger partial charge in [-0.1, -0.05) is 48.5 Å². The SMILES string of the molecule is O=C(N[C@]1(c2ccccc2)CCOc2cccnc21)c1ccccc1. The van der Waals surface area contributed by atoms with Crippen LogP contribution < -0.4 is 10.1 Å². The van der Waals surface area contributed by atoms with E-state index in [0.717, 1.165) is 11.3 Å². The first-order chi connectivity index (χ1) is 12.3. The van der Waals surface area contributed by atoms with Gasteiger partial charge < -0.3 is 10.1 Å². The number of amides is 1. The van der Waals surface area contributed by atoms with Crippen molar-refractivity contribution < 1.29 is 9.53 Å². The number of carbonyl (C=O) groups is 1. The van der Waals surface area contributed by atoms with Crippen LogP contribution in [0.5, 0.6) is 5.75 Å². The number of aromatic nitrogens is 1. The first kappa shape index (κ1) is 15.4. The van der Waals surface area contributed by atoms with Crippen molar-refractivity contribution in [2.24, 2.45) is 0 Å². The van der Waals surface area contributed by atoms with Crippen molar-refractivity contribution in [3.8, 4) is 5.75 Å². The molecule has 0 unspecified atom stereocenters. The van der Waals surface area contributed by atoms with E-state index in [2.05, 4.69) is 10.3 Å². The second-order valence-electron chi connectivity index (χ2n) is 6.04. The van der Waals surface area contributed by atoms with Crippen molar-refractivity contribution in [1.82, 2.24) is 10.3 Å². The van der Waals surface area contributed by atoms with Crippen molar-refractivity contribution in [3.05, 3.63) is 95.8 Å². The van der Waals surface area contributed by atoms with Gasteiger partial charge in [-0.15, -0.1) is 0 Å². The molecule has 0 spiro atoms. The molecule has 2 aromatic carbocycles. The number of ether oxygens (including phenoxy) is 1. The van der Waals surface area contributed by atoms with E-state index in [1.54, 1.807) is 6.20 Å². The Labute approximate surface area is 146 Å². The Morgan fingerprint density at radius 2 is 1.68 bits per heavy atom. The lowest BCUT2D eigenvalue weighted by Crippen LogP contribution is -2.50. The number of pyridine rings is 1. The Morgan fingerprint density at radius 3 is 2.44 bits per heavy atom. The monoisotopic (exact) mass is 330 g/mol. The van der Waals surface area contributed by atoms with E-state index < -0.39 is 5.54 Å². The molecule has 2 heterocycles. The average molecular weight is 330 g/mol. The molecule has 1 aliphatic rings. The lowest BCUT2D eigenvalue weighted by Gasteiger charge is -2.39. The maximum Gasteiger partial charge on any atom is 0.252 e. The zero-order valence-electron chi connectivity index (χ0n) is 13.7. The summed E-state index contributed by atoms with van der Waals surface area (Å²) in [6.45, 7) is 0.517. The Morgan fingerprint density at radius 1 is 0.960 bits per heavy atom. The van der Waals surface area contributed by atoms with Gasteiger partial charge in [-0.2, -0.15) is 0 Å². The fourth-order valence-corrected chi connectivity index (χ4v) is 3.31. The molecule has 0 aliphatic carbocycles. The van der Waals surface area contributed by atoms with Gasteiger partial charge in [0.05, 0.1) is 6.61 Å². The van der Waals surface area contributed by atoms with Crippen molar-refractivity contribution in [2.45, 2.75) is 12.0 Å². The van der Waals surface area contributed by atoms with E-state index in [4.69, 9.17) is 4.74 Å². The summed E-state index contributed by atoms with van der Waals surface area (Å²) in [5.74, 6) is 0.592. The van der Waals surface area contributed by atoms with Crippen LogP contribution in [0.3, 0.4) is 0 Å². The van der Waals surface area contributed by atoms with E-state index in [1.165, 1.54) is 0 Å². The topological polar surface area (TPSA) is 51.2 Å². The van der Waals surface area contributed by atoms with Crippen LogP contribution >= 0.6 is 0 Å². The average Bonchev–Trinajstić information content (AvgIpc) is 2.69. The van der Waals surface area contributed by atoms with E-state index in [9.17, 15) is 4.79 Å². The lowest BCUT2D eigenvalue weighted by atomic mass is 9.81. The lowest BCUT2D eigenvalue weighted by molar-refractivity contribution is 0.0883. The number of fused-ring (bicyclic) bond motifs is 1. The highest BCUT2D eigenvalue weighted by molar-refractivity contribution is 5.95. The molecular weight excluding hydrogens is 312 g/mol. The molecule has 1 N–H and O–H groups in total. The van der Waals surface area contributed by atoms with Gasteiger partial charge >= 0.3 is 0 Å². The molecule has 25 heavy (non-hydrogen) atoms. The third kappa shape index (κ3) is 2.76. The largest absolute Gasteiger partial charge is 0.491 e. The first-order valence-corrected chi connectivity index (χ1v) is 8.31. The highest BCUT2D eigenvalue weighted by Gasteiger charge is 2.42. The van der Waals surface area contributed by atoms with Crippen LogP contribution in [-0.2, 0) is 5.54 Å². The molecule has 4 nitrogen and oxygen atoms in total. The summed E-state index contributed by atoms with van der Waals surface area (Å²) < 4.78 is 5.77. The maximum absolute atomic E-state index is 12.9. The summed E-state index contributed by atoms with van der Waals surface area (Å²) in [5.41, 5.74) is 1.67. The number of hydrogen-bond donors (Lipinski definition) is 1. The molecule has 4 heteroatoms. The zero-order chi connectivity index (χ0) is 17.1. The van der Waals surface area contributed by atoms with Crippen LogP contribution in [0, 0.1) is 0 Å². The summed E-state index contributed by atoms with van der Waals surface area (Å²) in [6.07, 6.45) is 2.36. The summed E-state index contributed by atoms with van der Waals surface area (Å²) >= 11 is 0.